The van der Waals surface area contributed by atoms with Crippen LogP contribution < -0.4 is 5.32 Å². The number of nitrogens with one attached hydrogen (secondary N) is 1. The van der Waals surface area contributed by atoms with Gasteiger partial charge in [-0.05, 0) is 19.9 Å². The molecule has 1 aromatic heterocycles. The van der Waals surface area contributed by atoms with Gasteiger partial charge in [-0.3, -0.25) is 5.32 Å². The van der Waals surface area contributed by atoms with Crippen LogP contribution in [0, 0.1) is 18.3 Å². The standard InChI is InChI=1S/C9H13N3S/c1-3-4-11-8(5-10)9-12-7(2)6-13-9/h6,8,11H,3-4H2,1-2H3. The van der Waals surface area contributed by atoms with E-state index in [-0.39, 0.29) is 6.04 Å². The Morgan fingerprint density at radius 3 is 3.00 bits per heavy atom. The molecule has 0 saturated carbocycles. The quantitative estimate of drug-likeness (QED) is 0.799. The van der Waals surface area contributed by atoms with E-state index in [0.717, 1.165) is 23.7 Å². The van der Waals surface area contributed by atoms with Gasteiger partial charge in [0, 0.05) is 11.1 Å². The first-order valence-electron chi connectivity index (χ1n) is 4.33. The van der Waals surface area contributed by atoms with E-state index in [4.69, 9.17) is 5.26 Å². The van der Waals surface area contributed by atoms with Crippen LogP contribution in [0.5, 0.6) is 0 Å². The van der Waals surface area contributed by atoms with Crippen molar-refractivity contribution in [2.45, 2.75) is 26.3 Å². The van der Waals surface area contributed by atoms with Crippen LogP contribution in [0.4, 0.5) is 0 Å². The molecule has 1 unspecified atom stereocenters. The summed E-state index contributed by atoms with van der Waals surface area (Å²) in [5.74, 6) is 0. The van der Waals surface area contributed by atoms with E-state index in [1.807, 2.05) is 12.3 Å². The molecule has 0 bridgehead atoms. The molecule has 0 radical (unpaired) electrons. The molecule has 0 aliphatic heterocycles. The van der Waals surface area contributed by atoms with Crippen molar-refractivity contribution in [3.63, 3.8) is 0 Å². The maximum Gasteiger partial charge on any atom is 0.148 e. The van der Waals surface area contributed by atoms with Gasteiger partial charge < -0.3 is 0 Å². The largest absolute Gasteiger partial charge is 0.296 e. The van der Waals surface area contributed by atoms with Crippen molar-refractivity contribution in [2.75, 3.05) is 6.54 Å². The highest BCUT2D eigenvalue weighted by atomic mass is 32.1. The molecule has 1 N–H and O–H groups in total. The summed E-state index contributed by atoms with van der Waals surface area (Å²) in [6.45, 7) is 4.87. The Morgan fingerprint density at radius 2 is 2.54 bits per heavy atom. The number of hydrogen-bond donors (Lipinski definition) is 1. The summed E-state index contributed by atoms with van der Waals surface area (Å²) in [7, 11) is 0. The van der Waals surface area contributed by atoms with E-state index in [2.05, 4.69) is 23.3 Å². The average molecular weight is 195 g/mol. The highest BCUT2D eigenvalue weighted by molar-refractivity contribution is 7.09. The first-order valence-corrected chi connectivity index (χ1v) is 5.21. The molecular formula is C9H13N3S. The molecule has 3 nitrogen and oxygen atoms in total. The lowest BCUT2D eigenvalue weighted by atomic mass is 10.3. The van der Waals surface area contributed by atoms with Gasteiger partial charge in [0.15, 0.2) is 0 Å². The van der Waals surface area contributed by atoms with E-state index in [9.17, 15) is 0 Å². The smallest absolute Gasteiger partial charge is 0.148 e. The molecule has 0 amide bonds. The number of thiazole rings is 1. The Balaban J connectivity index is 2.63. The molecule has 0 aliphatic rings. The summed E-state index contributed by atoms with van der Waals surface area (Å²) in [5, 5.41) is 14.8. The second-order valence-electron chi connectivity index (χ2n) is 2.84. The zero-order valence-corrected chi connectivity index (χ0v) is 8.69. The fourth-order valence-electron chi connectivity index (χ4n) is 0.982. The van der Waals surface area contributed by atoms with Crippen molar-refractivity contribution in [1.29, 1.82) is 5.26 Å². The van der Waals surface area contributed by atoms with E-state index < -0.39 is 0 Å². The summed E-state index contributed by atoms with van der Waals surface area (Å²) in [4.78, 5) is 4.27. The van der Waals surface area contributed by atoms with Crippen molar-refractivity contribution in [3.05, 3.63) is 16.1 Å². The topological polar surface area (TPSA) is 48.7 Å². The first-order chi connectivity index (χ1) is 6.27. The van der Waals surface area contributed by atoms with Crippen LogP contribution in [-0.2, 0) is 0 Å². The van der Waals surface area contributed by atoms with Gasteiger partial charge in [-0.15, -0.1) is 11.3 Å². The Kier molecular flexibility index (Phi) is 3.87. The van der Waals surface area contributed by atoms with Gasteiger partial charge in [0.1, 0.15) is 11.0 Å². The third-order valence-electron chi connectivity index (χ3n) is 1.61. The van der Waals surface area contributed by atoms with E-state index in [0.29, 0.717) is 0 Å². The lowest BCUT2D eigenvalue weighted by Crippen LogP contribution is -2.20. The number of nitriles is 1. The van der Waals surface area contributed by atoms with Crippen LogP contribution >= 0.6 is 11.3 Å². The van der Waals surface area contributed by atoms with Crippen LogP contribution in [0.2, 0.25) is 0 Å². The zero-order valence-electron chi connectivity index (χ0n) is 7.87. The van der Waals surface area contributed by atoms with Gasteiger partial charge in [-0.1, -0.05) is 6.92 Å². The summed E-state index contributed by atoms with van der Waals surface area (Å²) in [6, 6.07) is 1.97. The molecule has 0 spiro atoms. The second-order valence-corrected chi connectivity index (χ2v) is 3.73. The monoisotopic (exact) mass is 195 g/mol. The first kappa shape index (κ1) is 10.2. The number of aromatic nitrogens is 1. The molecule has 0 saturated heterocycles. The second kappa shape index (κ2) is 4.95. The molecular weight excluding hydrogens is 182 g/mol. The molecule has 0 aromatic carbocycles. The minimum Gasteiger partial charge on any atom is -0.296 e. The Hall–Kier alpha value is -0.920. The van der Waals surface area contributed by atoms with Crippen LogP contribution in [0.3, 0.4) is 0 Å². The molecule has 1 heterocycles. The molecule has 0 fully saturated rings. The zero-order chi connectivity index (χ0) is 9.68. The summed E-state index contributed by atoms with van der Waals surface area (Å²) < 4.78 is 0. The highest BCUT2D eigenvalue weighted by Gasteiger charge is 2.12. The van der Waals surface area contributed by atoms with E-state index >= 15 is 0 Å². The Labute approximate surface area is 82.4 Å². The molecule has 1 rings (SSSR count). The van der Waals surface area contributed by atoms with Crippen molar-refractivity contribution < 1.29 is 0 Å². The summed E-state index contributed by atoms with van der Waals surface area (Å²) >= 11 is 1.54. The number of aryl methyl sites for hydroxylation is 1. The van der Waals surface area contributed by atoms with Crippen molar-refractivity contribution in [3.8, 4) is 6.07 Å². The molecule has 1 atom stereocenters. The number of rotatable bonds is 4. The minimum absolute atomic E-state index is 0.237. The molecule has 70 valence electrons. The molecule has 1 aromatic rings. The van der Waals surface area contributed by atoms with Gasteiger partial charge in [0.2, 0.25) is 0 Å². The van der Waals surface area contributed by atoms with Crippen molar-refractivity contribution >= 4 is 11.3 Å². The maximum absolute atomic E-state index is 8.87. The third kappa shape index (κ3) is 2.79. The lowest BCUT2D eigenvalue weighted by molar-refractivity contribution is 0.618. The van der Waals surface area contributed by atoms with Gasteiger partial charge >= 0.3 is 0 Å². The lowest BCUT2D eigenvalue weighted by Gasteiger charge is -2.06. The highest BCUT2D eigenvalue weighted by Crippen LogP contribution is 2.16. The third-order valence-corrected chi connectivity index (χ3v) is 2.64. The minimum atomic E-state index is -0.237. The fraction of sp³-hybridized carbons (Fsp3) is 0.556. The predicted molar refractivity (Wildman–Crippen MR) is 53.5 cm³/mol. The number of nitrogens with zero attached hydrogens (tertiary/aromatic N) is 2. The van der Waals surface area contributed by atoms with Crippen LogP contribution in [0.15, 0.2) is 5.38 Å². The van der Waals surface area contributed by atoms with E-state index in [1.54, 1.807) is 0 Å². The van der Waals surface area contributed by atoms with Crippen LogP contribution in [0.1, 0.15) is 30.1 Å². The Morgan fingerprint density at radius 1 is 1.77 bits per heavy atom. The SMILES string of the molecule is CCCNC(C#N)c1nc(C)cs1. The molecule has 0 aliphatic carbocycles. The van der Waals surface area contributed by atoms with Crippen LogP contribution in [-0.4, -0.2) is 11.5 Å². The van der Waals surface area contributed by atoms with Gasteiger partial charge in [-0.2, -0.15) is 5.26 Å². The normalized spacial score (nSPS) is 12.4. The Bertz CT molecular complexity index is 300. The summed E-state index contributed by atoms with van der Waals surface area (Å²) in [5.41, 5.74) is 0.985. The molecule has 4 heteroatoms. The molecule has 13 heavy (non-hydrogen) atoms. The maximum atomic E-state index is 8.87. The van der Waals surface area contributed by atoms with Crippen molar-refractivity contribution in [1.82, 2.24) is 10.3 Å². The van der Waals surface area contributed by atoms with Crippen molar-refractivity contribution in [2.24, 2.45) is 0 Å². The predicted octanol–water partition coefficient (Wildman–Crippen LogP) is 2.02. The fourth-order valence-corrected chi connectivity index (χ4v) is 1.79. The van der Waals surface area contributed by atoms with Gasteiger partial charge in [0.25, 0.3) is 0 Å². The van der Waals surface area contributed by atoms with E-state index in [1.165, 1.54) is 11.3 Å². The number of hydrogen-bond acceptors (Lipinski definition) is 4. The van der Waals surface area contributed by atoms with Crippen LogP contribution in [0.25, 0.3) is 0 Å². The average Bonchev–Trinajstić information content (AvgIpc) is 2.54. The van der Waals surface area contributed by atoms with Gasteiger partial charge in [-0.25, -0.2) is 4.98 Å². The summed E-state index contributed by atoms with van der Waals surface area (Å²) in [6.07, 6.45) is 1.03. The van der Waals surface area contributed by atoms with Gasteiger partial charge in [0.05, 0.1) is 6.07 Å².